The van der Waals surface area contributed by atoms with Gasteiger partial charge in [-0.15, -0.1) is 0 Å². The molecule has 1 heterocycles. The van der Waals surface area contributed by atoms with Crippen molar-refractivity contribution in [3.05, 3.63) is 62.4 Å². The molecular formula is C20H14BrClN2O6S. The van der Waals surface area contributed by atoms with Crippen LogP contribution in [0.15, 0.2) is 51.8 Å². The lowest BCUT2D eigenvalue weighted by Gasteiger charge is -2.13. The van der Waals surface area contributed by atoms with Crippen LogP contribution in [0.4, 0.5) is 10.5 Å². The Morgan fingerprint density at radius 1 is 1.23 bits per heavy atom. The van der Waals surface area contributed by atoms with Crippen molar-refractivity contribution in [1.82, 2.24) is 4.90 Å². The third-order valence-corrected chi connectivity index (χ3v) is 5.78. The molecule has 3 amide bonds. The Morgan fingerprint density at radius 2 is 1.97 bits per heavy atom. The highest BCUT2D eigenvalue weighted by atomic mass is 79.9. The zero-order valence-electron chi connectivity index (χ0n) is 15.6. The van der Waals surface area contributed by atoms with Gasteiger partial charge >= 0.3 is 5.97 Å². The molecule has 1 aliphatic rings. The number of benzene rings is 2. The van der Waals surface area contributed by atoms with E-state index in [1.54, 1.807) is 42.5 Å². The third kappa shape index (κ3) is 5.87. The lowest BCUT2D eigenvalue weighted by atomic mass is 10.2. The molecule has 11 heteroatoms. The van der Waals surface area contributed by atoms with Gasteiger partial charge in [-0.25, -0.2) is 4.79 Å². The van der Waals surface area contributed by atoms with E-state index in [1.165, 1.54) is 6.08 Å². The number of thioether (sulfide) groups is 1. The molecule has 2 N–H and O–H groups in total. The molecule has 1 saturated heterocycles. The first-order valence-electron chi connectivity index (χ1n) is 8.68. The zero-order chi connectivity index (χ0) is 22.5. The predicted molar refractivity (Wildman–Crippen MR) is 120 cm³/mol. The largest absolute Gasteiger partial charge is 0.481 e. The van der Waals surface area contributed by atoms with Crippen LogP contribution in [0.2, 0.25) is 5.02 Å². The summed E-state index contributed by atoms with van der Waals surface area (Å²) >= 11 is 9.99. The number of hydrogen-bond donors (Lipinski definition) is 2. The molecule has 0 radical (unpaired) electrons. The number of nitrogens with one attached hydrogen (secondary N) is 1. The van der Waals surface area contributed by atoms with Gasteiger partial charge in [-0.3, -0.25) is 19.3 Å². The van der Waals surface area contributed by atoms with E-state index < -0.39 is 36.2 Å². The molecule has 0 bridgehead atoms. The number of imide groups is 1. The maximum absolute atomic E-state index is 12.6. The van der Waals surface area contributed by atoms with E-state index in [4.69, 9.17) is 21.4 Å². The SMILES string of the molecule is O=C(O)COc1ccc(/C=C2/SC(=O)N(CC(=O)Nc3ccccc3Cl)C2=O)cc1Br. The number of anilines is 1. The number of hydrogen-bond acceptors (Lipinski definition) is 6. The molecule has 0 spiro atoms. The minimum absolute atomic E-state index is 0.154. The molecule has 31 heavy (non-hydrogen) atoms. The van der Waals surface area contributed by atoms with Gasteiger partial charge in [-0.1, -0.05) is 29.8 Å². The maximum Gasteiger partial charge on any atom is 0.341 e. The minimum atomic E-state index is -1.11. The van der Waals surface area contributed by atoms with Crippen LogP contribution in [0.25, 0.3) is 6.08 Å². The second kappa shape index (κ2) is 9.99. The van der Waals surface area contributed by atoms with Gasteiger partial charge < -0.3 is 15.2 Å². The Bertz CT molecular complexity index is 1110. The molecule has 1 aliphatic heterocycles. The predicted octanol–water partition coefficient (Wildman–Crippen LogP) is 4.24. The quantitative estimate of drug-likeness (QED) is 0.520. The summed E-state index contributed by atoms with van der Waals surface area (Å²) in [5.74, 6) is -1.93. The molecular weight excluding hydrogens is 512 g/mol. The summed E-state index contributed by atoms with van der Waals surface area (Å²) in [6.07, 6.45) is 1.50. The van der Waals surface area contributed by atoms with Crippen molar-refractivity contribution < 1.29 is 29.0 Å². The van der Waals surface area contributed by atoms with E-state index in [2.05, 4.69) is 21.2 Å². The highest BCUT2D eigenvalue weighted by Gasteiger charge is 2.36. The monoisotopic (exact) mass is 524 g/mol. The van der Waals surface area contributed by atoms with E-state index >= 15 is 0 Å². The number of amides is 3. The smallest absolute Gasteiger partial charge is 0.341 e. The van der Waals surface area contributed by atoms with Gasteiger partial charge in [-0.2, -0.15) is 0 Å². The van der Waals surface area contributed by atoms with E-state index in [1.807, 2.05) is 0 Å². The number of carboxylic acids is 1. The normalized spacial score (nSPS) is 14.8. The van der Waals surface area contributed by atoms with Gasteiger partial charge in [0.05, 0.1) is 20.1 Å². The van der Waals surface area contributed by atoms with Crippen LogP contribution < -0.4 is 10.1 Å². The number of carboxylic acid groups (broad SMARTS) is 1. The van der Waals surface area contributed by atoms with Crippen molar-refractivity contribution in [2.24, 2.45) is 0 Å². The lowest BCUT2D eigenvalue weighted by molar-refractivity contribution is -0.139. The van der Waals surface area contributed by atoms with Crippen molar-refractivity contribution in [3.8, 4) is 5.75 Å². The fourth-order valence-corrected chi connectivity index (χ4v) is 4.08. The molecule has 160 valence electrons. The molecule has 2 aromatic carbocycles. The molecule has 8 nitrogen and oxygen atoms in total. The van der Waals surface area contributed by atoms with Crippen LogP contribution in [0.3, 0.4) is 0 Å². The van der Waals surface area contributed by atoms with Crippen molar-refractivity contribution >= 4 is 74.1 Å². The summed E-state index contributed by atoms with van der Waals surface area (Å²) in [7, 11) is 0. The van der Waals surface area contributed by atoms with E-state index in [9.17, 15) is 19.2 Å². The van der Waals surface area contributed by atoms with Gasteiger partial charge in [0.2, 0.25) is 5.91 Å². The number of rotatable bonds is 7. The van der Waals surface area contributed by atoms with Crippen LogP contribution in [0, 0.1) is 0 Å². The van der Waals surface area contributed by atoms with Gasteiger partial charge in [0.25, 0.3) is 11.1 Å². The Balaban J connectivity index is 1.68. The first-order valence-corrected chi connectivity index (χ1v) is 10.7. The van der Waals surface area contributed by atoms with Crippen molar-refractivity contribution in [3.63, 3.8) is 0 Å². The fraction of sp³-hybridized carbons (Fsp3) is 0.100. The Labute approximate surface area is 194 Å². The summed E-state index contributed by atoms with van der Waals surface area (Å²) in [5, 5.41) is 11.0. The van der Waals surface area contributed by atoms with Crippen LogP contribution in [-0.4, -0.2) is 46.2 Å². The highest BCUT2D eigenvalue weighted by Crippen LogP contribution is 2.34. The van der Waals surface area contributed by atoms with Crippen LogP contribution in [0.5, 0.6) is 5.75 Å². The average molecular weight is 526 g/mol. The lowest BCUT2D eigenvalue weighted by Crippen LogP contribution is -2.36. The fourth-order valence-electron chi connectivity index (χ4n) is 2.55. The number of ether oxygens (including phenoxy) is 1. The number of para-hydroxylation sites is 1. The molecule has 0 aromatic heterocycles. The second-order valence-corrected chi connectivity index (χ2v) is 8.42. The summed E-state index contributed by atoms with van der Waals surface area (Å²) in [4.78, 5) is 48.7. The maximum atomic E-state index is 12.6. The number of nitrogens with zero attached hydrogens (tertiary/aromatic N) is 1. The first kappa shape index (κ1) is 22.9. The van der Waals surface area contributed by atoms with Crippen molar-refractivity contribution in [2.75, 3.05) is 18.5 Å². The standard InChI is InChI=1S/C20H14BrClN2O6S/c21-12-7-11(5-6-15(12)30-10-18(26)27)8-16-19(28)24(20(29)31-16)9-17(25)23-14-4-2-1-3-13(14)22/h1-8H,9-10H2,(H,23,25)(H,26,27)/b16-8+. The molecule has 0 aliphatic carbocycles. The van der Waals surface area contributed by atoms with Crippen LogP contribution in [0.1, 0.15) is 5.56 Å². The third-order valence-electron chi connectivity index (χ3n) is 3.93. The molecule has 3 rings (SSSR count). The summed E-state index contributed by atoms with van der Waals surface area (Å²) in [5.41, 5.74) is 0.965. The molecule has 0 saturated carbocycles. The van der Waals surface area contributed by atoms with Crippen LogP contribution >= 0.6 is 39.3 Å². The molecule has 0 atom stereocenters. The number of carbonyl (C=O) groups excluding carboxylic acids is 3. The highest BCUT2D eigenvalue weighted by molar-refractivity contribution is 9.10. The van der Waals surface area contributed by atoms with E-state index in [-0.39, 0.29) is 4.91 Å². The molecule has 2 aromatic rings. The summed E-state index contributed by atoms with van der Waals surface area (Å²) in [6.45, 7) is -0.939. The van der Waals surface area contributed by atoms with Gasteiger partial charge in [0.15, 0.2) is 6.61 Å². The zero-order valence-corrected chi connectivity index (χ0v) is 18.8. The van der Waals surface area contributed by atoms with E-state index in [0.29, 0.717) is 26.5 Å². The van der Waals surface area contributed by atoms with Gasteiger partial charge in [0.1, 0.15) is 12.3 Å². The number of aliphatic carboxylic acids is 1. The Morgan fingerprint density at radius 3 is 2.65 bits per heavy atom. The van der Waals surface area contributed by atoms with Gasteiger partial charge in [0, 0.05) is 0 Å². The van der Waals surface area contributed by atoms with E-state index in [0.717, 1.165) is 16.7 Å². The Kier molecular flexibility index (Phi) is 7.37. The topological polar surface area (TPSA) is 113 Å². The summed E-state index contributed by atoms with van der Waals surface area (Å²) in [6, 6.07) is 11.4. The minimum Gasteiger partial charge on any atom is -0.481 e. The average Bonchev–Trinajstić information content (AvgIpc) is 2.96. The molecule has 0 unspecified atom stereocenters. The number of halogens is 2. The summed E-state index contributed by atoms with van der Waals surface area (Å²) < 4.78 is 5.61. The van der Waals surface area contributed by atoms with Gasteiger partial charge in [-0.05, 0) is 63.6 Å². The first-order chi connectivity index (χ1) is 14.7. The Hall–Kier alpha value is -2.82. The number of carbonyl (C=O) groups is 4. The van der Waals surface area contributed by atoms with Crippen molar-refractivity contribution in [1.29, 1.82) is 0 Å². The molecule has 1 fully saturated rings. The van der Waals surface area contributed by atoms with Crippen LogP contribution in [-0.2, 0) is 14.4 Å². The second-order valence-electron chi connectivity index (χ2n) is 6.17. The van der Waals surface area contributed by atoms with Crippen molar-refractivity contribution in [2.45, 2.75) is 0 Å².